The largest absolute Gasteiger partial charge is 0.481 e. The van der Waals surface area contributed by atoms with Crippen molar-refractivity contribution in [1.82, 2.24) is 4.90 Å². The Labute approximate surface area is 113 Å². The molecule has 4 nitrogen and oxygen atoms in total. The first kappa shape index (κ1) is 14.0. The Balaban J connectivity index is 2.04. The van der Waals surface area contributed by atoms with Gasteiger partial charge in [-0.1, -0.05) is 37.3 Å². The fourth-order valence-electron chi connectivity index (χ4n) is 2.55. The van der Waals surface area contributed by atoms with E-state index in [1.165, 1.54) is 0 Å². The quantitative estimate of drug-likeness (QED) is 0.865. The second kappa shape index (κ2) is 6.17. The topological polar surface area (TPSA) is 60.8 Å². The minimum Gasteiger partial charge on any atom is -0.481 e. The van der Waals surface area contributed by atoms with Gasteiger partial charge in [0.15, 0.2) is 0 Å². The van der Waals surface area contributed by atoms with Gasteiger partial charge in [-0.3, -0.25) is 9.69 Å². The van der Waals surface area contributed by atoms with Crippen molar-refractivity contribution in [1.29, 1.82) is 0 Å². The standard InChI is InChI=1S/C15H21NO3/c1-11-7-8-16(10-14(11)17)9-13(15(18)19)12-5-3-2-4-6-12/h2-6,11,13-14,17H,7-10H2,1H3,(H,18,19). The number of aliphatic hydroxyl groups excluding tert-OH is 1. The summed E-state index contributed by atoms with van der Waals surface area (Å²) in [5.41, 5.74) is 0.822. The third kappa shape index (κ3) is 3.55. The minimum atomic E-state index is -0.806. The van der Waals surface area contributed by atoms with Crippen LogP contribution >= 0.6 is 0 Å². The summed E-state index contributed by atoms with van der Waals surface area (Å²) in [5.74, 6) is -1.03. The Hall–Kier alpha value is -1.39. The summed E-state index contributed by atoms with van der Waals surface area (Å²) in [6, 6.07) is 9.30. The molecule has 0 radical (unpaired) electrons. The second-order valence-corrected chi connectivity index (χ2v) is 5.39. The van der Waals surface area contributed by atoms with E-state index >= 15 is 0 Å². The molecule has 0 spiro atoms. The van der Waals surface area contributed by atoms with Crippen molar-refractivity contribution in [2.75, 3.05) is 19.6 Å². The van der Waals surface area contributed by atoms with Gasteiger partial charge in [-0.2, -0.15) is 0 Å². The van der Waals surface area contributed by atoms with Crippen molar-refractivity contribution in [2.24, 2.45) is 5.92 Å². The van der Waals surface area contributed by atoms with Gasteiger partial charge in [0, 0.05) is 13.1 Å². The first-order valence-electron chi connectivity index (χ1n) is 6.76. The highest BCUT2D eigenvalue weighted by Gasteiger charge is 2.28. The van der Waals surface area contributed by atoms with Crippen LogP contribution in [0, 0.1) is 5.92 Å². The van der Waals surface area contributed by atoms with E-state index in [-0.39, 0.29) is 6.10 Å². The van der Waals surface area contributed by atoms with E-state index in [0.29, 0.717) is 19.0 Å². The molecule has 1 saturated heterocycles. The fourth-order valence-corrected chi connectivity index (χ4v) is 2.55. The number of β-amino-alcohol motifs (C(OH)–C–C–N with tert-alkyl or cyclic N) is 1. The van der Waals surface area contributed by atoms with Crippen LogP contribution in [0.4, 0.5) is 0 Å². The molecule has 1 aromatic carbocycles. The number of benzene rings is 1. The summed E-state index contributed by atoms with van der Waals surface area (Å²) in [7, 11) is 0. The van der Waals surface area contributed by atoms with Gasteiger partial charge in [-0.15, -0.1) is 0 Å². The van der Waals surface area contributed by atoms with Gasteiger partial charge in [0.25, 0.3) is 0 Å². The number of hydrogen-bond acceptors (Lipinski definition) is 3. The number of piperidine rings is 1. The Kier molecular flexibility index (Phi) is 4.56. The number of nitrogens with zero attached hydrogens (tertiary/aromatic N) is 1. The SMILES string of the molecule is CC1CCN(CC(C(=O)O)c2ccccc2)CC1O. The summed E-state index contributed by atoms with van der Waals surface area (Å²) < 4.78 is 0. The number of carboxylic acid groups (broad SMARTS) is 1. The lowest BCUT2D eigenvalue weighted by Crippen LogP contribution is -2.45. The van der Waals surface area contributed by atoms with Crippen molar-refractivity contribution in [3.8, 4) is 0 Å². The Morgan fingerprint density at radius 2 is 2.11 bits per heavy atom. The zero-order valence-electron chi connectivity index (χ0n) is 11.2. The van der Waals surface area contributed by atoms with Gasteiger partial charge in [0.2, 0.25) is 0 Å². The number of rotatable bonds is 4. The van der Waals surface area contributed by atoms with Crippen LogP contribution in [0.25, 0.3) is 0 Å². The Bertz CT molecular complexity index is 421. The summed E-state index contributed by atoms with van der Waals surface area (Å²) >= 11 is 0. The number of carbonyl (C=O) groups is 1. The zero-order valence-corrected chi connectivity index (χ0v) is 11.2. The molecule has 1 aliphatic heterocycles. The van der Waals surface area contributed by atoms with Crippen LogP contribution in [0.15, 0.2) is 30.3 Å². The smallest absolute Gasteiger partial charge is 0.312 e. The van der Waals surface area contributed by atoms with Crippen molar-refractivity contribution in [3.05, 3.63) is 35.9 Å². The lowest BCUT2D eigenvalue weighted by molar-refractivity contribution is -0.139. The number of hydrogen-bond donors (Lipinski definition) is 2. The third-order valence-corrected chi connectivity index (χ3v) is 3.94. The molecule has 0 saturated carbocycles. The van der Waals surface area contributed by atoms with Crippen LogP contribution in [-0.4, -0.2) is 46.8 Å². The highest BCUT2D eigenvalue weighted by molar-refractivity contribution is 5.76. The van der Waals surface area contributed by atoms with E-state index in [4.69, 9.17) is 0 Å². The Morgan fingerprint density at radius 1 is 1.42 bits per heavy atom. The highest BCUT2D eigenvalue weighted by Crippen LogP contribution is 2.22. The average molecular weight is 263 g/mol. The van der Waals surface area contributed by atoms with Gasteiger partial charge in [-0.25, -0.2) is 0 Å². The van der Waals surface area contributed by atoms with Crippen LogP contribution < -0.4 is 0 Å². The third-order valence-electron chi connectivity index (χ3n) is 3.94. The number of carboxylic acids is 1. The van der Waals surface area contributed by atoms with E-state index < -0.39 is 11.9 Å². The molecule has 104 valence electrons. The lowest BCUT2D eigenvalue weighted by Gasteiger charge is -2.35. The molecule has 0 aliphatic carbocycles. The molecule has 2 rings (SSSR count). The van der Waals surface area contributed by atoms with E-state index in [0.717, 1.165) is 18.5 Å². The van der Waals surface area contributed by atoms with Gasteiger partial charge < -0.3 is 10.2 Å². The van der Waals surface area contributed by atoms with E-state index in [2.05, 4.69) is 4.90 Å². The fraction of sp³-hybridized carbons (Fsp3) is 0.533. The molecule has 0 amide bonds. The van der Waals surface area contributed by atoms with Crippen LogP contribution in [-0.2, 0) is 4.79 Å². The second-order valence-electron chi connectivity index (χ2n) is 5.39. The molecule has 1 aromatic rings. The maximum atomic E-state index is 11.4. The van der Waals surface area contributed by atoms with Crippen molar-refractivity contribution < 1.29 is 15.0 Å². The highest BCUT2D eigenvalue weighted by atomic mass is 16.4. The van der Waals surface area contributed by atoms with Crippen molar-refractivity contribution in [2.45, 2.75) is 25.4 Å². The number of likely N-dealkylation sites (tertiary alicyclic amines) is 1. The van der Waals surface area contributed by atoms with Gasteiger partial charge in [-0.05, 0) is 24.4 Å². The molecule has 3 unspecified atom stereocenters. The maximum Gasteiger partial charge on any atom is 0.312 e. The minimum absolute atomic E-state index is 0.302. The molecule has 0 bridgehead atoms. The van der Waals surface area contributed by atoms with Crippen LogP contribution in [0.5, 0.6) is 0 Å². The predicted octanol–water partition coefficient (Wildman–Crippen LogP) is 1.56. The van der Waals surface area contributed by atoms with E-state index in [9.17, 15) is 15.0 Å². The number of aliphatic hydroxyl groups is 1. The predicted molar refractivity (Wildman–Crippen MR) is 73.0 cm³/mol. The first-order chi connectivity index (χ1) is 9.08. The molecule has 3 atom stereocenters. The van der Waals surface area contributed by atoms with E-state index in [1.807, 2.05) is 37.3 Å². The monoisotopic (exact) mass is 263 g/mol. The van der Waals surface area contributed by atoms with Crippen molar-refractivity contribution >= 4 is 5.97 Å². The summed E-state index contributed by atoms with van der Waals surface area (Å²) in [6.45, 7) is 3.92. The number of aliphatic carboxylic acids is 1. The summed E-state index contributed by atoms with van der Waals surface area (Å²) in [4.78, 5) is 13.5. The molecule has 1 fully saturated rings. The van der Waals surface area contributed by atoms with Crippen LogP contribution in [0.1, 0.15) is 24.8 Å². The molecule has 4 heteroatoms. The molecule has 19 heavy (non-hydrogen) atoms. The molecule has 2 N–H and O–H groups in total. The molecule has 1 aliphatic rings. The van der Waals surface area contributed by atoms with E-state index in [1.54, 1.807) is 0 Å². The van der Waals surface area contributed by atoms with Gasteiger partial charge in [0.05, 0.1) is 12.0 Å². The summed E-state index contributed by atoms with van der Waals surface area (Å²) in [5, 5.41) is 19.3. The van der Waals surface area contributed by atoms with Crippen molar-refractivity contribution in [3.63, 3.8) is 0 Å². The summed E-state index contributed by atoms with van der Waals surface area (Å²) in [6.07, 6.45) is 0.571. The molecule has 0 aromatic heterocycles. The van der Waals surface area contributed by atoms with Gasteiger partial charge in [0.1, 0.15) is 0 Å². The Morgan fingerprint density at radius 3 is 2.68 bits per heavy atom. The molecule has 1 heterocycles. The maximum absolute atomic E-state index is 11.4. The zero-order chi connectivity index (χ0) is 13.8. The average Bonchev–Trinajstić information content (AvgIpc) is 2.40. The first-order valence-corrected chi connectivity index (χ1v) is 6.76. The van der Waals surface area contributed by atoms with Crippen LogP contribution in [0.3, 0.4) is 0 Å². The molecular weight excluding hydrogens is 242 g/mol. The lowest BCUT2D eigenvalue weighted by atomic mass is 9.93. The van der Waals surface area contributed by atoms with Gasteiger partial charge >= 0.3 is 5.97 Å². The van der Waals surface area contributed by atoms with Crippen LogP contribution in [0.2, 0.25) is 0 Å². The molecular formula is C15H21NO3. The normalized spacial score (nSPS) is 26.0.